The number of nitrogens with zero attached hydrogens (tertiary/aromatic N) is 2. The quantitative estimate of drug-likeness (QED) is 0.508. The van der Waals surface area contributed by atoms with Crippen LogP contribution in [0.2, 0.25) is 0 Å². The molecule has 120 valence electrons. The number of hydrogen-bond donors (Lipinski definition) is 0. The van der Waals surface area contributed by atoms with Crippen molar-refractivity contribution in [2.45, 2.75) is 12.8 Å². The number of hydrogen-bond acceptors (Lipinski definition) is 4. The van der Waals surface area contributed by atoms with Crippen molar-refractivity contribution in [1.82, 2.24) is 9.38 Å². The number of benzene rings is 2. The summed E-state index contributed by atoms with van der Waals surface area (Å²) in [6.45, 7) is 0. The summed E-state index contributed by atoms with van der Waals surface area (Å²) in [5.41, 5.74) is 2.83. The SMILES string of the molecule is COc1ccc(C(=O)CCc2cn3c(n2)sc2ccccc23)cc1. The molecule has 4 aromatic rings. The van der Waals surface area contributed by atoms with Gasteiger partial charge >= 0.3 is 0 Å². The van der Waals surface area contributed by atoms with Gasteiger partial charge in [-0.1, -0.05) is 23.5 Å². The van der Waals surface area contributed by atoms with E-state index >= 15 is 0 Å². The van der Waals surface area contributed by atoms with E-state index in [4.69, 9.17) is 4.74 Å². The largest absolute Gasteiger partial charge is 0.497 e. The first kappa shape index (κ1) is 14.9. The van der Waals surface area contributed by atoms with Crippen LogP contribution < -0.4 is 4.74 Å². The number of fused-ring (bicyclic) bond motifs is 3. The zero-order valence-corrected chi connectivity index (χ0v) is 14.0. The third-order valence-corrected chi connectivity index (χ3v) is 5.11. The van der Waals surface area contributed by atoms with Gasteiger partial charge in [-0.05, 0) is 42.8 Å². The first-order chi connectivity index (χ1) is 11.7. The Balaban J connectivity index is 1.50. The van der Waals surface area contributed by atoms with Crippen molar-refractivity contribution < 1.29 is 9.53 Å². The molecule has 2 aromatic carbocycles. The zero-order chi connectivity index (χ0) is 16.5. The van der Waals surface area contributed by atoms with Crippen molar-refractivity contribution in [1.29, 1.82) is 0 Å². The van der Waals surface area contributed by atoms with Crippen LogP contribution in [0.3, 0.4) is 0 Å². The van der Waals surface area contributed by atoms with Crippen LogP contribution in [0.25, 0.3) is 15.2 Å². The highest BCUT2D eigenvalue weighted by molar-refractivity contribution is 7.23. The van der Waals surface area contributed by atoms with Gasteiger partial charge in [0.15, 0.2) is 10.7 Å². The summed E-state index contributed by atoms with van der Waals surface area (Å²) in [7, 11) is 1.62. The Labute approximate surface area is 143 Å². The number of carbonyl (C=O) groups excluding carboxylic acids is 1. The summed E-state index contributed by atoms with van der Waals surface area (Å²) < 4.78 is 8.44. The van der Waals surface area contributed by atoms with Gasteiger partial charge in [0, 0.05) is 18.2 Å². The standard InChI is InChI=1S/C19H16N2O2S/c1-23-15-9-6-13(7-10-15)17(22)11-8-14-12-21-16-4-2-3-5-18(16)24-19(21)20-14/h2-7,9-10,12H,8,11H2,1H3. The summed E-state index contributed by atoms with van der Waals surface area (Å²) in [5.74, 6) is 0.881. The fourth-order valence-corrected chi connectivity index (χ4v) is 3.81. The van der Waals surface area contributed by atoms with Crippen LogP contribution in [0.4, 0.5) is 0 Å². The van der Waals surface area contributed by atoms with Gasteiger partial charge in [-0.2, -0.15) is 0 Å². The van der Waals surface area contributed by atoms with Gasteiger partial charge in [-0.15, -0.1) is 0 Å². The molecule has 0 saturated heterocycles. The Morgan fingerprint density at radius 1 is 1.17 bits per heavy atom. The summed E-state index contributed by atoms with van der Waals surface area (Å²) >= 11 is 1.67. The van der Waals surface area contributed by atoms with Crippen molar-refractivity contribution in [3.63, 3.8) is 0 Å². The number of Topliss-reactive ketones (excluding diaryl/α,β-unsaturated/α-hetero) is 1. The van der Waals surface area contributed by atoms with E-state index in [0.717, 1.165) is 21.9 Å². The normalized spacial score (nSPS) is 11.2. The van der Waals surface area contributed by atoms with Crippen LogP contribution in [0, 0.1) is 0 Å². The Hall–Kier alpha value is -2.66. The number of ether oxygens (including phenoxy) is 1. The first-order valence-electron chi connectivity index (χ1n) is 7.77. The Morgan fingerprint density at radius 3 is 2.75 bits per heavy atom. The highest BCUT2D eigenvalue weighted by Crippen LogP contribution is 2.26. The van der Waals surface area contributed by atoms with Gasteiger partial charge in [0.25, 0.3) is 0 Å². The second-order valence-corrected chi connectivity index (χ2v) is 6.62. The number of para-hydroxylation sites is 1. The molecular weight excluding hydrogens is 320 g/mol. The van der Waals surface area contributed by atoms with Crippen molar-refractivity contribution in [3.8, 4) is 5.75 Å². The fraction of sp³-hybridized carbons (Fsp3) is 0.158. The molecule has 0 spiro atoms. The van der Waals surface area contributed by atoms with E-state index in [0.29, 0.717) is 18.4 Å². The molecule has 2 aromatic heterocycles. The lowest BCUT2D eigenvalue weighted by Crippen LogP contribution is -2.01. The van der Waals surface area contributed by atoms with E-state index in [1.807, 2.05) is 30.5 Å². The number of rotatable bonds is 5. The molecule has 0 aliphatic carbocycles. The average Bonchev–Trinajstić information content (AvgIpc) is 3.17. The number of aromatic nitrogens is 2. The van der Waals surface area contributed by atoms with E-state index in [2.05, 4.69) is 21.5 Å². The number of aryl methyl sites for hydroxylation is 1. The molecule has 5 heteroatoms. The van der Waals surface area contributed by atoms with Gasteiger partial charge in [0.2, 0.25) is 0 Å². The highest BCUT2D eigenvalue weighted by atomic mass is 32.1. The van der Waals surface area contributed by atoms with E-state index < -0.39 is 0 Å². The maximum atomic E-state index is 12.3. The van der Waals surface area contributed by atoms with Crippen LogP contribution in [0.1, 0.15) is 22.5 Å². The zero-order valence-electron chi connectivity index (χ0n) is 13.2. The third kappa shape index (κ3) is 2.67. The second kappa shape index (κ2) is 6.09. The fourth-order valence-electron chi connectivity index (χ4n) is 2.78. The van der Waals surface area contributed by atoms with Crippen molar-refractivity contribution in [3.05, 3.63) is 66.0 Å². The van der Waals surface area contributed by atoms with E-state index in [1.165, 1.54) is 4.70 Å². The molecule has 0 bridgehead atoms. The Morgan fingerprint density at radius 2 is 1.96 bits per heavy atom. The molecule has 2 heterocycles. The van der Waals surface area contributed by atoms with Crippen LogP contribution in [0.15, 0.2) is 54.7 Å². The van der Waals surface area contributed by atoms with E-state index in [9.17, 15) is 4.79 Å². The Kier molecular flexibility index (Phi) is 3.78. The topological polar surface area (TPSA) is 43.6 Å². The predicted molar refractivity (Wildman–Crippen MR) is 96.2 cm³/mol. The van der Waals surface area contributed by atoms with Crippen LogP contribution in [-0.4, -0.2) is 22.3 Å². The summed E-state index contributed by atoms with van der Waals surface area (Å²) in [6, 6.07) is 15.5. The summed E-state index contributed by atoms with van der Waals surface area (Å²) in [5, 5.41) is 0. The maximum Gasteiger partial charge on any atom is 0.194 e. The average molecular weight is 336 g/mol. The van der Waals surface area contributed by atoms with E-state index in [-0.39, 0.29) is 5.78 Å². The number of imidazole rings is 1. The molecule has 4 nitrogen and oxygen atoms in total. The molecule has 0 saturated carbocycles. The van der Waals surface area contributed by atoms with Gasteiger partial charge in [-0.25, -0.2) is 4.98 Å². The highest BCUT2D eigenvalue weighted by Gasteiger charge is 2.11. The number of ketones is 1. The van der Waals surface area contributed by atoms with Crippen molar-refractivity contribution >= 4 is 32.3 Å². The summed E-state index contributed by atoms with van der Waals surface area (Å²) in [6.07, 6.45) is 3.14. The predicted octanol–water partition coefficient (Wildman–Crippen LogP) is 4.37. The summed E-state index contributed by atoms with van der Waals surface area (Å²) in [4.78, 5) is 17.9. The minimum absolute atomic E-state index is 0.124. The van der Waals surface area contributed by atoms with Gasteiger partial charge in [0.05, 0.1) is 23.0 Å². The number of thiazole rings is 1. The molecule has 0 unspecified atom stereocenters. The van der Waals surface area contributed by atoms with Crippen LogP contribution in [0.5, 0.6) is 5.75 Å². The lowest BCUT2D eigenvalue weighted by atomic mass is 10.1. The molecular formula is C19H16N2O2S. The molecule has 24 heavy (non-hydrogen) atoms. The third-order valence-electron chi connectivity index (χ3n) is 4.07. The molecule has 4 rings (SSSR count). The minimum atomic E-state index is 0.124. The van der Waals surface area contributed by atoms with Crippen molar-refractivity contribution in [2.24, 2.45) is 0 Å². The molecule has 0 aliphatic heterocycles. The second-order valence-electron chi connectivity index (χ2n) is 5.61. The smallest absolute Gasteiger partial charge is 0.194 e. The first-order valence-corrected chi connectivity index (χ1v) is 8.59. The molecule has 0 N–H and O–H groups in total. The lowest BCUT2D eigenvalue weighted by molar-refractivity contribution is 0.0982. The lowest BCUT2D eigenvalue weighted by Gasteiger charge is -2.02. The molecule has 0 atom stereocenters. The molecule has 0 fully saturated rings. The maximum absolute atomic E-state index is 12.3. The molecule has 0 aliphatic rings. The number of methoxy groups -OCH3 is 1. The number of carbonyl (C=O) groups is 1. The van der Waals surface area contributed by atoms with Gasteiger partial charge in [0.1, 0.15) is 5.75 Å². The van der Waals surface area contributed by atoms with Gasteiger partial charge < -0.3 is 4.74 Å². The van der Waals surface area contributed by atoms with Crippen molar-refractivity contribution in [2.75, 3.05) is 7.11 Å². The van der Waals surface area contributed by atoms with Crippen LogP contribution in [-0.2, 0) is 6.42 Å². The molecule has 0 amide bonds. The Bertz CT molecular complexity index is 1010. The minimum Gasteiger partial charge on any atom is -0.497 e. The molecule has 0 radical (unpaired) electrons. The van der Waals surface area contributed by atoms with Gasteiger partial charge in [-0.3, -0.25) is 9.20 Å². The van der Waals surface area contributed by atoms with Crippen LogP contribution >= 0.6 is 11.3 Å². The van der Waals surface area contributed by atoms with E-state index in [1.54, 1.807) is 30.6 Å². The monoisotopic (exact) mass is 336 g/mol.